The second-order valence-electron chi connectivity index (χ2n) is 4.31. The number of nitrogens with zero attached hydrogens (tertiary/aromatic N) is 1. The van der Waals surface area contributed by atoms with Crippen LogP contribution in [0.2, 0.25) is 0 Å². The molecule has 5 nitrogen and oxygen atoms in total. The first kappa shape index (κ1) is 13.4. The van der Waals surface area contributed by atoms with E-state index in [2.05, 4.69) is 15.3 Å². The van der Waals surface area contributed by atoms with Crippen molar-refractivity contribution in [3.8, 4) is 11.5 Å². The van der Waals surface area contributed by atoms with E-state index >= 15 is 0 Å². The Morgan fingerprint density at radius 1 is 1.42 bits per heavy atom. The maximum atomic E-state index is 9.73. The normalized spacial score (nSPS) is 10.6. The molecule has 1 heterocycles. The van der Waals surface area contributed by atoms with Gasteiger partial charge in [0.05, 0.1) is 7.11 Å². The molecular formula is C14H19N3O2. The van der Waals surface area contributed by atoms with Crippen molar-refractivity contribution in [2.45, 2.75) is 19.4 Å². The minimum atomic E-state index is 0.291. The van der Waals surface area contributed by atoms with E-state index in [1.807, 2.05) is 12.3 Å². The number of methoxy groups -OCH3 is 1. The fraction of sp³-hybridized carbons (Fsp3) is 0.357. The average molecular weight is 261 g/mol. The number of hydrogen-bond donors (Lipinski definition) is 3. The lowest BCUT2D eigenvalue weighted by Gasteiger charge is -2.08. The Labute approximate surface area is 112 Å². The highest BCUT2D eigenvalue weighted by atomic mass is 16.5. The molecule has 0 saturated heterocycles. The number of aromatic amines is 1. The van der Waals surface area contributed by atoms with Gasteiger partial charge in [-0.05, 0) is 31.2 Å². The van der Waals surface area contributed by atoms with E-state index in [0.717, 1.165) is 36.5 Å². The Kier molecular flexibility index (Phi) is 4.80. The molecule has 1 aromatic heterocycles. The first-order valence-electron chi connectivity index (χ1n) is 6.34. The molecule has 0 spiro atoms. The van der Waals surface area contributed by atoms with Crippen molar-refractivity contribution < 1.29 is 9.84 Å². The smallest absolute Gasteiger partial charge is 0.120 e. The summed E-state index contributed by atoms with van der Waals surface area (Å²) in [4.78, 5) is 7.24. The molecule has 0 amide bonds. The van der Waals surface area contributed by atoms with Crippen LogP contribution in [0.5, 0.6) is 11.5 Å². The predicted octanol–water partition coefficient (Wildman–Crippen LogP) is 1.85. The Morgan fingerprint density at radius 2 is 2.32 bits per heavy atom. The second-order valence-corrected chi connectivity index (χ2v) is 4.31. The number of rotatable bonds is 7. The van der Waals surface area contributed by atoms with E-state index in [0.29, 0.717) is 12.3 Å². The summed E-state index contributed by atoms with van der Waals surface area (Å²) in [5, 5.41) is 13.0. The molecule has 2 aromatic rings. The van der Waals surface area contributed by atoms with E-state index in [9.17, 15) is 5.11 Å². The van der Waals surface area contributed by atoms with E-state index in [1.165, 1.54) is 0 Å². The molecule has 0 bridgehead atoms. The lowest BCUT2D eigenvalue weighted by Crippen LogP contribution is -2.15. The number of nitrogens with one attached hydrogen (secondary N) is 2. The molecule has 0 unspecified atom stereocenters. The van der Waals surface area contributed by atoms with Crippen LogP contribution in [-0.4, -0.2) is 28.7 Å². The lowest BCUT2D eigenvalue weighted by molar-refractivity contribution is 0.410. The van der Waals surface area contributed by atoms with Crippen LogP contribution < -0.4 is 10.1 Å². The van der Waals surface area contributed by atoms with Gasteiger partial charge in [-0.2, -0.15) is 0 Å². The van der Waals surface area contributed by atoms with Gasteiger partial charge in [-0.25, -0.2) is 4.98 Å². The molecule has 102 valence electrons. The summed E-state index contributed by atoms with van der Waals surface area (Å²) in [5.41, 5.74) is 0.845. The van der Waals surface area contributed by atoms with Crippen molar-refractivity contribution in [3.63, 3.8) is 0 Å². The van der Waals surface area contributed by atoms with Crippen molar-refractivity contribution in [2.24, 2.45) is 0 Å². The largest absolute Gasteiger partial charge is 0.508 e. The maximum Gasteiger partial charge on any atom is 0.120 e. The molecule has 0 saturated carbocycles. The molecule has 1 aromatic carbocycles. The first-order valence-corrected chi connectivity index (χ1v) is 6.34. The molecular weight excluding hydrogens is 242 g/mol. The van der Waals surface area contributed by atoms with Crippen LogP contribution in [0.3, 0.4) is 0 Å². The number of aryl methyl sites for hydroxylation is 1. The number of H-pyrrole nitrogens is 1. The van der Waals surface area contributed by atoms with Crippen LogP contribution in [0.15, 0.2) is 30.6 Å². The van der Waals surface area contributed by atoms with Crippen LogP contribution in [-0.2, 0) is 13.0 Å². The molecule has 19 heavy (non-hydrogen) atoms. The third-order valence-electron chi connectivity index (χ3n) is 2.92. The first-order chi connectivity index (χ1) is 9.29. The molecule has 2 rings (SSSR count). The summed E-state index contributed by atoms with van der Waals surface area (Å²) in [5.74, 6) is 2.05. The number of imidazole rings is 1. The molecule has 0 fully saturated rings. The molecule has 0 aliphatic carbocycles. The average Bonchev–Trinajstić information content (AvgIpc) is 2.93. The van der Waals surface area contributed by atoms with E-state index in [-0.39, 0.29) is 0 Å². The van der Waals surface area contributed by atoms with Crippen molar-refractivity contribution in [3.05, 3.63) is 42.0 Å². The fourth-order valence-electron chi connectivity index (χ4n) is 1.87. The standard InChI is InChI=1S/C14H19N3O2/c1-19-12-4-5-13(18)11(9-12)10-15-6-2-3-14-16-7-8-17-14/h4-5,7-9,15,18H,2-3,6,10H2,1H3,(H,16,17). The summed E-state index contributed by atoms with van der Waals surface area (Å²) in [6.45, 7) is 1.50. The van der Waals surface area contributed by atoms with Crippen molar-refractivity contribution in [2.75, 3.05) is 13.7 Å². The number of ether oxygens (including phenoxy) is 1. The van der Waals surface area contributed by atoms with Gasteiger partial charge in [0.25, 0.3) is 0 Å². The number of aromatic hydroxyl groups is 1. The van der Waals surface area contributed by atoms with E-state index in [1.54, 1.807) is 25.4 Å². The van der Waals surface area contributed by atoms with Gasteiger partial charge in [-0.15, -0.1) is 0 Å². The summed E-state index contributed by atoms with van der Waals surface area (Å²) in [7, 11) is 1.62. The summed E-state index contributed by atoms with van der Waals surface area (Å²) >= 11 is 0. The SMILES string of the molecule is COc1ccc(O)c(CNCCCc2ncc[nH]2)c1. The summed E-state index contributed by atoms with van der Waals surface area (Å²) < 4.78 is 5.13. The Hall–Kier alpha value is -2.01. The van der Waals surface area contributed by atoms with Crippen LogP contribution in [0.25, 0.3) is 0 Å². The van der Waals surface area contributed by atoms with Crippen molar-refractivity contribution in [1.29, 1.82) is 0 Å². The monoisotopic (exact) mass is 261 g/mol. The van der Waals surface area contributed by atoms with Crippen LogP contribution >= 0.6 is 0 Å². The zero-order chi connectivity index (χ0) is 13.5. The summed E-state index contributed by atoms with van der Waals surface area (Å²) in [6.07, 6.45) is 5.51. The molecule has 0 atom stereocenters. The van der Waals surface area contributed by atoms with Gasteiger partial charge in [0.1, 0.15) is 17.3 Å². The molecule has 3 N–H and O–H groups in total. The predicted molar refractivity (Wildman–Crippen MR) is 73.3 cm³/mol. The number of phenols is 1. The van der Waals surface area contributed by atoms with Gasteiger partial charge in [-0.1, -0.05) is 0 Å². The van der Waals surface area contributed by atoms with Gasteiger partial charge in [0.15, 0.2) is 0 Å². The third-order valence-corrected chi connectivity index (χ3v) is 2.92. The Morgan fingerprint density at radius 3 is 3.05 bits per heavy atom. The number of hydrogen-bond acceptors (Lipinski definition) is 4. The van der Waals surface area contributed by atoms with E-state index in [4.69, 9.17) is 4.74 Å². The van der Waals surface area contributed by atoms with Gasteiger partial charge < -0.3 is 20.1 Å². The highest BCUT2D eigenvalue weighted by molar-refractivity contribution is 5.39. The number of benzene rings is 1. The number of phenolic OH excluding ortho intramolecular Hbond substituents is 1. The van der Waals surface area contributed by atoms with Crippen LogP contribution in [0.4, 0.5) is 0 Å². The minimum Gasteiger partial charge on any atom is -0.508 e. The van der Waals surface area contributed by atoms with Crippen molar-refractivity contribution >= 4 is 0 Å². The van der Waals surface area contributed by atoms with Crippen molar-refractivity contribution in [1.82, 2.24) is 15.3 Å². The Balaban J connectivity index is 1.73. The molecule has 0 aliphatic rings. The van der Waals surface area contributed by atoms with Gasteiger partial charge >= 0.3 is 0 Å². The minimum absolute atomic E-state index is 0.291. The third kappa shape index (κ3) is 3.99. The topological polar surface area (TPSA) is 70.2 Å². The highest BCUT2D eigenvalue weighted by Crippen LogP contribution is 2.22. The van der Waals surface area contributed by atoms with Gasteiger partial charge in [0, 0.05) is 30.9 Å². The second kappa shape index (κ2) is 6.80. The number of aromatic nitrogens is 2. The Bertz CT molecular complexity index is 497. The molecule has 0 radical (unpaired) electrons. The van der Waals surface area contributed by atoms with Crippen LogP contribution in [0.1, 0.15) is 17.8 Å². The molecule has 0 aliphatic heterocycles. The zero-order valence-corrected chi connectivity index (χ0v) is 11.0. The van der Waals surface area contributed by atoms with Gasteiger partial charge in [-0.3, -0.25) is 0 Å². The molecule has 5 heteroatoms. The van der Waals surface area contributed by atoms with E-state index < -0.39 is 0 Å². The quantitative estimate of drug-likeness (QED) is 0.665. The highest BCUT2D eigenvalue weighted by Gasteiger charge is 2.03. The lowest BCUT2D eigenvalue weighted by atomic mass is 10.2. The van der Waals surface area contributed by atoms with Gasteiger partial charge in [0.2, 0.25) is 0 Å². The van der Waals surface area contributed by atoms with Crippen LogP contribution in [0, 0.1) is 0 Å². The zero-order valence-electron chi connectivity index (χ0n) is 11.0. The maximum absolute atomic E-state index is 9.73. The summed E-state index contributed by atoms with van der Waals surface area (Å²) in [6, 6.07) is 5.24. The fourth-order valence-corrected chi connectivity index (χ4v) is 1.87.